The molecule has 244 valence electrons. The van der Waals surface area contributed by atoms with E-state index in [1.165, 1.54) is 61.8 Å². The topological polar surface area (TPSA) is 105 Å². The van der Waals surface area contributed by atoms with Crippen LogP contribution in [0.4, 0.5) is 4.79 Å². The number of carbonyl (C=O) groups is 2. The Balaban J connectivity index is 0.000000517. The van der Waals surface area contributed by atoms with Crippen molar-refractivity contribution >= 4 is 12.1 Å². The van der Waals surface area contributed by atoms with Gasteiger partial charge in [0.05, 0.1) is 13.2 Å². The number of alkyl carbamates (subject to hydrolysis) is 1. The van der Waals surface area contributed by atoms with E-state index in [9.17, 15) is 19.8 Å². The third kappa shape index (κ3) is 16.3. The van der Waals surface area contributed by atoms with E-state index in [2.05, 4.69) is 62.9 Å². The van der Waals surface area contributed by atoms with Gasteiger partial charge in [-0.3, -0.25) is 5.32 Å². The predicted octanol–water partition coefficient (Wildman–Crippen LogP) is 8.88. The monoisotopic (exact) mass is 609 g/mol. The van der Waals surface area contributed by atoms with Crippen LogP contribution in [-0.4, -0.2) is 41.6 Å². The number of allylic oxidation sites excluding steroid dienone is 8. The lowest BCUT2D eigenvalue weighted by atomic mass is 9.94. The molecule has 7 nitrogen and oxygen atoms in total. The second kappa shape index (κ2) is 22.0. The standard InChI is InChI=1S/C21H27NO6.C16H28/c1-14-7-3-4-8-15-9-5-11-17(23)19(15)20(25)28-16(13-18(14)24)10-6-12-22-21(26)27-2;1-6-9-15(4)12-8-13-16(5)11-7-10-14(2)3/h3-6,9,11-12,14,16,18,23-24H,7-8,10,13H2,1-2H3,(H,22,26);9-10,13H,6-8,11-12H2,1-5H3/b4-3+,12-6+;15-9+,16-13+/t14-,16-,18+;/m0./s1. The number of amides is 1. The minimum atomic E-state index is -0.660. The first-order valence-corrected chi connectivity index (χ1v) is 15.8. The lowest BCUT2D eigenvalue weighted by Gasteiger charge is -2.24. The Morgan fingerprint density at radius 2 is 1.75 bits per heavy atom. The number of aromatic hydroxyl groups is 1. The van der Waals surface area contributed by atoms with E-state index in [-0.39, 0.29) is 30.1 Å². The van der Waals surface area contributed by atoms with Crippen molar-refractivity contribution in [1.29, 1.82) is 0 Å². The Labute approximate surface area is 265 Å². The minimum absolute atomic E-state index is 0.00213. The van der Waals surface area contributed by atoms with Crippen molar-refractivity contribution in [3.63, 3.8) is 0 Å². The highest BCUT2D eigenvalue weighted by Crippen LogP contribution is 2.26. The first-order chi connectivity index (χ1) is 21.0. The summed E-state index contributed by atoms with van der Waals surface area (Å²) < 4.78 is 10.1. The van der Waals surface area contributed by atoms with Crippen molar-refractivity contribution in [3.05, 3.63) is 88.7 Å². The molecule has 1 aliphatic heterocycles. The second-order valence-corrected chi connectivity index (χ2v) is 11.7. The lowest BCUT2D eigenvalue weighted by Crippen LogP contribution is -2.28. The number of hydrogen-bond donors (Lipinski definition) is 3. The molecule has 3 atom stereocenters. The summed E-state index contributed by atoms with van der Waals surface area (Å²) in [5.74, 6) is -0.775. The number of phenols is 1. The fourth-order valence-corrected chi connectivity index (χ4v) is 4.67. The molecule has 0 fully saturated rings. The van der Waals surface area contributed by atoms with Crippen molar-refractivity contribution in [2.24, 2.45) is 5.92 Å². The summed E-state index contributed by atoms with van der Waals surface area (Å²) in [7, 11) is 1.26. The molecule has 1 aliphatic rings. The van der Waals surface area contributed by atoms with Crippen LogP contribution in [0.2, 0.25) is 0 Å². The van der Waals surface area contributed by atoms with Crippen LogP contribution in [0.5, 0.6) is 5.75 Å². The summed E-state index contributed by atoms with van der Waals surface area (Å²) in [5.41, 5.74) is 5.29. The minimum Gasteiger partial charge on any atom is -0.507 e. The highest BCUT2D eigenvalue weighted by atomic mass is 16.5. The zero-order valence-corrected chi connectivity index (χ0v) is 27.9. The maximum Gasteiger partial charge on any atom is 0.410 e. The van der Waals surface area contributed by atoms with Crippen molar-refractivity contribution in [2.45, 2.75) is 112 Å². The number of methoxy groups -OCH3 is 1. The maximum absolute atomic E-state index is 12.7. The summed E-state index contributed by atoms with van der Waals surface area (Å²) in [6.45, 7) is 12.9. The molecule has 1 amide bonds. The van der Waals surface area contributed by atoms with Crippen LogP contribution < -0.4 is 5.32 Å². The Hall–Kier alpha value is -3.58. The first-order valence-electron chi connectivity index (χ1n) is 15.8. The SMILES string of the molecule is CC/C=C(\C)CC/C=C(\C)CCC=C(C)C.COC(=O)N/C=C/C[C@H]1C[C@@H](O)[C@@H](C)C/C=C/Cc2cccc(O)c2C(=O)O1. The van der Waals surface area contributed by atoms with Gasteiger partial charge in [0.25, 0.3) is 0 Å². The summed E-state index contributed by atoms with van der Waals surface area (Å²) in [4.78, 5) is 23.8. The van der Waals surface area contributed by atoms with Crippen LogP contribution in [0.15, 0.2) is 77.6 Å². The molecule has 7 heteroatoms. The molecule has 0 saturated carbocycles. The number of hydrogen-bond acceptors (Lipinski definition) is 6. The van der Waals surface area contributed by atoms with Crippen LogP contribution in [0.25, 0.3) is 0 Å². The van der Waals surface area contributed by atoms with Gasteiger partial charge in [0, 0.05) is 19.0 Å². The molecule has 1 aromatic carbocycles. The number of carbonyl (C=O) groups excluding carboxylic acids is 2. The maximum atomic E-state index is 12.7. The average Bonchev–Trinajstić information content (AvgIpc) is 2.96. The van der Waals surface area contributed by atoms with Crippen molar-refractivity contribution in [3.8, 4) is 5.75 Å². The number of benzene rings is 1. The Morgan fingerprint density at radius 1 is 1.07 bits per heavy atom. The van der Waals surface area contributed by atoms with Gasteiger partial charge in [0.15, 0.2) is 0 Å². The normalized spacial score (nSPS) is 20.2. The molecular formula is C37H55NO6. The molecule has 1 heterocycles. The third-order valence-electron chi connectivity index (χ3n) is 7.36. The Bertz CT molecular complexity index is 1170. The van der Waals surface area contributed by atoms with E-state index in [4.69, 9.17) is 4.74 Å². The van der Waals surface area contributed by atoms with Crippen LogP contribution in [0.1, 0.15) is 109 Å². The first kappa shape index (κ1) is 38.4. The molecule has 44 heavy (non-hydrogen) atoms. The zero-order chi connectivity index (χ0) is 32.9. The third-order valence-corrected chi connectivity index (χ3v) is 7.36. The van der Waals surface area contributed by atoms with E-state index in [1.54, 1.807) is 18.2 Å². The molecule has 2 rings (SSSR count). The van der Waals surface area contributed by atoms with Gasteiger partial charge in [-0.2, -0.15) is 0 Å². The highest BCUT2D eigenvalue weighted by molar-refractivity contribution is 5.94. The molecule has 0 aromatic heterocycles. The van der Waals surface area contributed by atoms with Gasteiger partial charge in [-0.15, -0.1) is 0 Å². The number of phenolic OH excluding ortho intramolecular Hbond substituents is 1. The molecule has 0 aliphatic carbocycles. The van der Waals surface area contributed by atoms with E-state index in [0.717, 1.165) is 6.42 Å². The van der Waals surface area contributed by atoms with Gasteiger partial charge in [-0.25, -0.2) is 9.59 Å². The molecule has 0 radical (unpaired) electrons. The van der Waals surface area contributed by atoms with E-state index < -0.39 is 24.3 Å². The molecule has 0 bridgehead atoms. The van der Waals surface area contributed by atoms with Gasteiger partial charge in [0.2, 0.25) is 0 Å². The quantitative estimate of drug-likeness (QED) is 0.181. The Kier molecular flexibility index (Phi) is 19.2. The molecule has 0 unspecified atom stereocenters. The Morgan fingerprint density at radius 3 is 2.41 bits per heavy atom. The van der Waals surface area contributed by atoms with Crippen molar-refractivity contribution in [2.75, 3.05) is 7.11 Å². The van der Waals surface area contributed by atoms with Gasteiger partial charge in [-0.05, 0) is 90.2 Å². The molecule has 0 saturated heterocycles. The fourth-order valence-electron chi connectivity index (χ4n) is 4.67. The van der Waals surface area contributed by atoms with E-state index in [0.29, 0.717) is 18.4 Å². The zero-order valence-electron chi connectivity index (χ0n) is 27.9. The number of aliphatic hydroxyl groups excluding tert-OH is 1. The second-order valence-electron chi connectivity index (χ2n) is 11.7. The summed E-state index contributed by atoms with van der Waals surface area (Å²) in [6.07, 6.45) is 19.8. The number of ether oxygens (including phenoxy) is 2. The highest BCUT2D eigenvalue weighted by Gasteiger charge is 2.25. The number of nitrogens with one attached hydrogen (secondary N) is 1. The number of rotatable bonds is 10. The summed E-state index contributed by atoms with van der Waals surface area (Å²) >= 11 is 0. The van der Waals surface area contributed by atoms with Crippen molar-refractivity contribution < 1.29 is 29.3 Å². The largest absolute Gasteiger partial charge is 0.507 e. The average molecular weight is 610 g/mol. The molecular weight excluding hydrogens is 554 g/mol. The number of aliphatic hydroxyl groups is 1. The molecule has 1 aromatic rings. The van der Waals surface area contributed by atoms with Crippen LogP contribution in [0, 0.1) is 5.92 Å². The molecule has 3 N–H and O–H groups in total. The number of fused-ring (bicyclic) bond motifs is 1. The lowest BCUT2D eigenvalue weighted by molar-refractivity contribution is 0.00678. The number of cyclic esters (lactones) is 1. The fraction of sp³-hybridized carbons (Fsp3) is 0.514. The van der Waals surface area contributed by atoms with Gasteiger partial charge in [-0.1, -0.05) is 79.2 Å². The van der Waals surface area contributed by atoms with Crippen LogP contribution >= 0.6 is 0 Å². The van der Waals surface area contributed by atoms with Crippen LogP contribution in [0.3, 0.4) is 0 Å². The predicted molar refractivity (Wildman–Crippen MR) is 180 cm³/mol. The smallest absolute Gasteiger partial charge is 0.410 e. The van der Waals surface area contributed by atoms with Crippen molar-refractivity contribution in [1.82, 2.24) is 5.32 Å². The van der Waals surface area contributed by atoms with Gasteiger partial charge < -0.3 is 19.7 Å². The van der Waals surface area contributed by atoms with Gasteiger partial charge >= 0.3 is 12.1 Å². The van der Waals surface area contributed by atoms with Gasteiger partial charge in [0.1, 0.15) is 17.4 Å². The van der Waals surface area contributed by atoms with E-state index >= 15 is 0 Å². The number of esters is 1. The molecule has 0 spiro atoms. The van der Waals surface area contributed by atoms with Crippen LogP contribution in [-0.2, 0) is 15.9 Å². The summed E-state index contributed by atoms with van der Waals surface area (Å²) in [5, 5.41) is 23.0. The van der Waals surface area contributed by atoms with E-state index in [1.807, 2.05) is 19.1 Å². The summed E-state index contributed by atoms with van der Waals surface area (Å²) in [6, 6.07) is 4.91.